The van der Waals surface area contributed by atoms with Gasteiger partial charge < -0.3 is 11.2 Å². The first kappa shape index (κ1) is 19.0. The first-order valence-corrected chi connectivity index (χ1v) is 9.87. The van der Waals surface area contributed by atoms with Gasteiger partial charge in [0.05, 0.1) is 0 Å². The summed E-state index contributed by atoms with van der Waals surface area (Å²) in [6.45, 7) is 0.543. The summed E-state index contributed by atoms with van der Waals surface area (Å²) in [7, 11) is 0. The van der Waals surface area contributed by atoms with Gasteiger partial charge in [-0.1, -0.05) is 72.4 Å². The SMILES string of the molecule is Nn1c(CCc2ccccc2)nnc1SCCC(=O)NCc1ccccc1. The number of carbonyl (C=O) groups excluding carboxylic acids is 1. The van der Waals surface area contributed by atoms with E-state index < -0.39 is 0 Å². The second kappa shape index (κ2) is 9.78. The Morgan fingerprint density at radius 3 is 2.33 bits per heavy atom. The Morgan fingerprint density at radius 1 is 0.963 bits per heavy atom. The van der Waals surface area contributed by atoms with E-state index in [1.165, 1.54) is 22.0 Å². The molecule has 3 N–H and O–H groups in total. The van der Waals surface area contributed by atoms with Crippen LogP contribution in [-0.4, -0.2) is 26.5 Å². The lowest BCUT2D eigenvalue weighted by Gasteiger charge is -2.06. The van der Waals surface area contributed by atoms with Crippen LogP contribution in [0.5, 0.6) is 0 Å². The second-order valence-corrected chi connectivity index (χ2v) is 7.18. The number of nitrogens with zero attached hydrogens (tertiary/aromatic N) is 3. The molecule has 2 aromatic carbocycles. The highest BCUT2D eigenvalue weighted by atomic mass is 32.2. The van der Waals surface area contributed by atoms with Gasteiger partial charge in [-0.15, -0.1) is 10.2 Å². The van der Waals surface area contributed by atoms with Crippen molar-refractivity contribution >= 4 is 17.7 Å². The quantitative estimate of drug-likeness (QED) is 0.439. The van der Waals surface area contributed by atoms with Crippen molar-refractivity contribution < 1.29 is 4.79 Å². The number of rotatable bonds is 9. The van der Waals surface area contributed by atoms with Gasteiger partial charge in [0.15, 0.2) is 5.82 Å². The minimum Gasteiger partial charge on any atom is -0.352 e. The summed E-state index contributed by atoms with van der Waals surface area (Å²) < 4.78 is 1.52. The molecule has 1 heterocycles. The van der Waals surface area contributed by atoms with Gasteiger partial charge in [0.2, 0.25) is 11.1 Å². The molecule has 7 heteroatoms. The first-order valence-electron chi connectivity index (χ1n) is 8.89. The highest BCUT2D eigenvalue weighted by molar-refractivity contribution is 7.99. The average molecular weight is 382 g/mol. The third kappa shape index (κ3) is 5.86. The Kier molecular flexibility index (Phi) is 6.87. The number of benzene rings is 2. The predicted octanol–water partition coefficient (Wildman–Crippen LogP) is 2.58. The fraction of sp³-hybridized carbons (Fsp3) is 0.250. The number of nitrogens with two attached hydrogens (primary N) is 1. The zero-order chi connectivity index (χ0) is 18.9. The molecule has 0 radical (unpaired) electrons. The van der Waals surface area contributed by atoms with Gasteiger partial charge in [-0.3, -0.25) is 4.79 Å². The standard InChI is InChI=1S/C20H23N5OS/c21-25-18(12-11-16-7-3-1-4-8-16)23-24-20(25)27-14-13-19(26)22-15-17-9-5-2-6-10-17/h1-10H,11-15,21H2,(H,22,26). The van der Waals surface area contributed by atoms with Crippen molar-refractivity contribution in [1.82, 2.24) is 20.2 Å². The zero-order valence-corrected chi connectivity index (χ0v) is 15.9. The Balaban J connectivity index is 1.40. The lowest BCUT2D eigenvalue weighted by atomic mass is 10.1. The van der Waals surface area contributed by atoms with Crippen LogP contribution in [0.4, 0.5) is 0 Å². The fourth-order valence-corrected chi connectivity index (χ4v) is 3.41. The van der Waals surface area contributed by atoms with E-state index in [0.717, 1.165) is 24.2 Å². The maximum Gasteiger partial charge on any atom is 0.221 e. The topological polar surface area (TPSA) is 85.8 Å². The van der Waals surface area contributed by atoms with E-state index in [9.17, 15) is 4.79 Å². The molecule has 0 saturated carbocycles. The van der Waals surface area contributed by atoms with Crippen molar-refractivity contribution in [1.29, 1.82) is 0 Å². The summed E-state index contributed by atoms with van der Waals surface area (Å²) >= 11 is 1.44. The summed E-state index contributed by atoms with van der Waals surface area (Å²) in [5.41, 5.74) is 2.33. The van der Waals surface area contributed by atoms with Crippen LogP contribution in [0.25, 0.3) is 0 Å². The molecule has 3 aromatic rings. The number of aromatic nitrogens is 3. The molecule has 0 aliphatic carbocycles. The number of hydrogen-bond donors (Lipinski definition) is 2. The van der Waals surface area contributed by atoms with Crippen LogP contribution in [-0.2, 0) is 24.2 Å². The highest BCUT2D eigenvalue weighted by Crippen LogP contribution is 2.16. The Labute approximate surface area is 163 Å². The summed E-state index contributed by atoms with van der Waals surface area (Å²) in [6.07, 6.45) is 2.00. The van der Waals surface area contributed by atoms with Crippen LogP contribution in [0.1, 0.15) is 23.4 Å². The summed E-state index contributed by atoms with van der Waals surface area (Å²) in [6, 6.07) is 20.1. The van der Waals surface area contributed by atoms with Crippen molar-refractivity contribution in [3.8, 4) is 0 Å². The molecule has 0 aliphatic heterocycles. The van der Waals surface area contributed by atoms with Gasteiger partial charge in [0, 0.05) is 25.1 Å². The van der Waals surface area contributed by atoms with E-state index in [1.54, 1.807) is 0 Å². The van der Waals surface area contributed by atoms with Gasteiger partial charge in [-0.2, -0.15) is 0 Å². The molecule has 0 aliphatic rings. The molecule has 0 spiro atoms. The van der Waals surface area contributed by atoms with Crippen molar-refractivity contribution in [2.75, 3.05) is 11.6 Å². The molecule has 1 aromatic heterocycles. The number of amides is 1. The van der Waals surface area contributed by atoms with Crippen molar-refractivity contribution in [2.45, 2.75) is 31.0 Å². The molecule has 0 bridgehead atoms. The number of thioether (sulfide) groups is 1. The van der Waals surface area contributed by atoms with Crippen LogP contribution in [0, 0.1) is 0 Å². The van der Waals surface area contributed by atoms with Crippen LogP contribution < -0.4 is 11.2 Å². The molecule has 140 valence electrons. The Hall–Kier alpha value is -2.80. The second-order valence-electron chi connectivity index (χ2n) is 6.12. The third-order valence-corrected chi connectivity index (χ3v) is 5.05. The Morgan fingerprint density at radius 2 is 1.63 bits per heavy atom. The Bertz CT molecular complexity index is 851. The molecular weight excluding hydrogens is 358 g/mol. The maximum absolute atomic E-state index is 12.0. The largest absolute Gasteiger partial charge is 0.352 e. The van der Waals surface area contributed by atoms with Crippen molar-refractivity contribution in [2.24, 2.45) is 0 Å². The van der Waals surface area contributed by atoms with E-state index in [-0.39, 0.29) is 5.91 Å². The van der Waals surface area contributed by atoms with Gasteiger partial charge in [-0.05, 0) is 17.5 Å². The van der Waals surface area contributed by atoms with Crippen molar-refractivity contribution in [3.05, 3.63) is 77.6 Å². The lowest BCUT2D eigenvalue weighted by Crippen LogP contribution is -2.23. The predicted molar refractivity (Wildman–Crippen MR) is 108 cm³/mol. The number of carbonyl (C=O) groups is 1. The number of aryl methyl sites for hydroxylation is 2. The average Bonchev–Trinajstić information content (AvgIpc) is 3.06. The number of nitrogen functional groups attached to an aromatic ring is 1. The summed E-state index contributed by atoms with van der Waals surface area (Å²) in [4.78, 5) is 12.0. The van der Waals surface area contributed by atoms with Gasteiger partial charge in [0.25, 0.3) is 0 Å². The minimum atomic E-state index is 0.0127. The minimum absolute atomic E-state index is 0.0127. The molecule has 6 nitrogen and oxygen atoms in total. The van der Waals surface area contributed by atoms with Crippen LogP contribution in [0.2, 0.25) is 0 Å². The maximum atomic E-state index is 12.0. The zero-order valence-electron chi connectivity index (χ0n) is 15.0. The number of nitrogens with one attached hydrogen (secondary N) is 1. The molecular formula is C20H23N5OS. The van der Waals surface area contributed by atoms with E-state index in [1.807, 2.05) is 48.5 Å². The molecule has 0 atom stereocenters. The van der Waals surface area contributed by atoms with E-state index in [4.69, 9.17) is 5.84 Å². The third-order valence-electron chi connectivity index (χ3n) is 4.11. The molecule has 0 unspecified atom stereocenters. The van der Waals surface area contributed by atoms with Crippen LogP contribution in [0.15, 0.2) is 65.8 Å². The van der Waals surface area contributed by atoms with Crippen LogP contribution >= 0.6 is 11.8 Å². The van der Waals surface area contributed by atoms with Crippen LogP contribution in [0.3, 0.4) is 0 Å². The molecule has 3 rings (SSSR count). The highest BCUT2D eigenvalue weighted by Gasteiger charge is 2.11. The first-order chi connectivity index (χ1) is 13.2. The molecule has 1 amide bonds. The summed E-state index contributed by atoms with van der Waals surface area (Å²) in [5, 5.41) is 11.9. The van der Waals surface area contributed by atoms with Gasteiger partial charge in [-0.25, -0.2) is 4.68 Å². The molecule has 0 saturated heterocycles. The normalized spacial score (nSPS) is 10.7. The van der Waals surface area contributed by atoms with Gasteiger partial charge >= 0.3 is 0 Å². The van der Waals surface area contributed by atoms with E-state index >= 15 is 0 Å². The lowest BCUT2D eigenvalue weighted by molar-refractivity contribution is -0.120. The van der Waals surface area contributed by atoms with Gasteiger partial charge in [0.1, 0.15) is 0 Å². The van der Waals surface area contributed by atoms with E-state index in [2.05, 4.69) is 27.6 Å². The molecule has 27 heavy (non-hydrogen) atoms. The summed E-state index contributed by atoms with van der Waals surface area (Å²) in [5.74, 6) is 7.45. The monoisotopic (exact) mass is 381 g/mol. The fourth-order valence-electron chi connectivity index (χ4n) is 2.60. The van der Waals surface area contributed by atoms with E-state index in [0.29, 0.717) is 23.9 Å². The van der Waals surface area contributed by atoms with Crippen molar-refractivity contribution in [3.63, 3.8) is 0 Å². The number of hydrogen-bond acceptors (Lipinski definition) is 5. The molecule has 0 fully saturated rings. The smallest absolute Gasteiger partial charge is 0.221 e.